The number of unbranched alkanes of at least 4 members (excludes halogenated alkanes) is 1. The highest BCUT2D eigenvalue weighted by molar-refractivity contribution is 15.0. The standard InChI is InChI=1S/C19H27I3N2O2S/c1-5-6-11-24(16(25)12-13(2)3)19(26)23-18(27)15-9-7-14(8-10-15)17(21-4)22-20/h7-10,13,18,27H,4-6,11-12H2,1-3H3,(H,23,26). The Morgan fingerprint density at radius 3 is 2.41 bits per heavy atom. The van der Waals surface area contributed by atoms with Gasteiger partial charge in [0.15, 0.2) is 0 Å². The summed E-state index contributed by atoms with van der Waals surface area (Å²) in [6, 6.07) is 7.79. The number of nitrogens with one attached hydrogen (secondary N) is 1. The molecule has 4 nitrogen and oxygen atoms in total. The second-order valence-corrected chi connectivity index (χ2v) is 15.1. The topological polar surface area (TPSA) is 49.4 Å². The Bertz CT molecular complexity index is 678. The lowest BCUT2D eigenvalue weighted by Gasteiger charge is -2.24. The Labute approximate surface area is 197 Å². The van der Waals surface area contributed by atoms with E-state index >= 15 is 0 Å². The molecule has 1 atom stereocenters. The molecule has 0 saturated heterocycles. The summed E-state index contributed by atoms with van der Waals surface area (Å²) in [6.07, 6.45) is 2.10. The van der Waals surface area contributed by atoms with E-state index in [-0.39, 0.29) is 55.3 Å². The lowest BCUT2D eigenvalue weighted by Crippen LogP contribution is -2.45. The van der Waals surface area contributed by atoms with Gasteiger partial charge in [-0.3, -0.25) is 9.69 Å². The van der Waals surface area contributed by atoms with Gasteiger partial charge in [-0.05, 0) is 58.8 Å². The molecule has 0 fully saturated rings. The molecule has 0 spiro atoms. The Kier molecular flexibility index (Phi) is 12.9. The van der Waals surface area contributed by atoms with Crippen molar-refractivity contribution in [2.75, 3.05) is 6.54 Å². The molecule has 27 heavy (non-hydrogen) atoms. The molecule has 8 heteroatoms. The average molecular weight is 728 g/mol. The first kappa shape index (κ1) is 25.5. The maximum absolute atomic E-state index is 12.7. The molecule has 0 aliphatic heterocycles. The largest absolute Gasteiger partial charge is 0.325 e. The summed E-state index contributed by atoms with van der Waals surface area (Å²) < 4.78 is 5.60. The van der Waals surface area contributed by atoms with Crippen LogP contribution in [-0.2, 0) is 4.79 Å². The summed E-state index contributed by atoms with van der Waals surface area (Å²) in [5.41, 5.74) is 2.17. The van der Waals surface area contributed by atoms with E-state index in [9.17, 15) is 9.59 Å². The SMILES string of the molecule is C=IC(=II)c1ccc(C(S)NC(=O)N(CCCC)C(=O)CC(C)C)cc1. The van der Waals surface area contributed by atoms with E-state index in [1.807, 2.05) is 32.9 Å². The van der Waals surface area contributed by atoms with Crippen LogP contribution in [-0.4, -0.2) is 29.4 Å². The number of nitrogens with zero attached hydrogens (tertiary/aromatic N) is 1. The first-order chi connectivity index (χ1) is 12.8. The molecule has 0 aromatic heterocycles. The zero-order chi connectivity index (χ0) is 20.4. The van der Waals surface area contributed by atoms with Crippen molar-refractivity contribution in [1.29, 1.82) is 0 Å². The number of rotatable bonds is 9. The molecule has 0 saturated carbocycles. The molecule has 152 valence electrons. The van der Waals surface area contributed by atoms with Gasteiger partial charge < -0.3 is 5.32 Å². The average Bonchev–Trinajstić information content (AvgIpc) is 2.63. The highest BCUT2D eigenvalue weighted by atomic mass is 128. The van der Waals surface area contributed by atoms with Crippen molar-refractivity contribution in [2.45, 2.75) is 45.4 Å². The van der Waals surface area contributed by atoms with Crippen LogP contribution in [0.25, 0.3) is 0 Å². The Morgan fingerprint density at radius 2 is 1.93 bits per heavy atom. The van der Waals surface area contributed by atoms with Gasteiger partial charge in [-0.25, -0.2) is 4.79 Å². The molecule has 1 unspecified atom stereocenters. The van der Waals surface area contributed by atoms with Crippen LogP contribution >= 0.6 is 68.7 Å². The number of hydrogen-bond acceptors (Lipinski definition) is 3. The van der Waals surface area contributed by atoms with Crippen LogP contribution < -0.4 is 5.32 Å². The first-order valence-electron chi connectivity index (χ1n) is 8.74. The van der Waals surface area contributed by atoms with Crippen LogP contribution in [0, 0.1) is 5.92 Å². The number of carbonyl (C=O) groups excluding carboxylic acids is 2. The quantitative estimate of drug-likeness (QED) is 0.181. The van der Waals surface area contributed by atoms with E-state index in [4.69, 9.17) is 0 Å². The van der Waals surface area contributed by atoms with Gasteiger partial charge in [0, 0.05) is 13.0 Å². The molecule has 1 aromatic rings. The Morgan fingerprint density at radius 1 is 1.30 bits per heavy atom. The molecule has 0 radical (unpaired) electrons. The number of urea groups is 1. The van der Waals surface area contributed by atoms with Crippen molar-refractivity contribution in [3.63, 3.8) is 0 Å². The smallest absolute Gasteiger partial charge is 0.322 e. The van der Waals surface area contributed by atoms with Gasteiger partial charge in [0.1, 0.15) is 0 Å². The summed E-state index contributed by atoms with van der Waals surface area (Å²) in [7, 11) is 0. The lowest BCUT2D eigenvalue weighted by atomic mass is 10.1. The van der Waals surface area contributed by atoms with Crippen molar-refractivity contribution < 1.29 is 9.59 Å². The van der Waals surface area contributed by atoms with Crippen LogP contribution in [0.15, 0.2) is 24.3 Å². The summed E-state index contributed by atoms with van der Waals surface area (Å²) in [6.45, 7) is 6.45. The molecule has 0 aliphatic rings. The van der Waals surface area contributed by atoms with Crippen LogP contribution in [0.5, 0.6) is 0 Å². The second-order valence-electron chi connectivity index (χ2n) is 6.44. The van der Waals surface area contributed by atoms with E-state index in [1.165, 1.54) is 12.0 Å². The fourth-order valence-electron chi connectivity index (χ4n) is 2.32. The van der Waals surface area contributed by atoms with Gasteiger partial charge >= 0.3 is 6.03 Å². The van der Waals surface area contributed by atoms with Crippen LogP contribution in [0.3, 0.4) is 0 Å². The molecule has 0 aliphatic carbocycles. The normalized spacial score (nSPS) is 13.0. The number of hydrogen-bond donors (Lipinski definition) is 2. The van der Waals surface area contributed by atoms with Gasteiger partial charge in [-0.2, -0.15) is 0 Å². The molecule has 3 amide bonds. The summed E-state index contributed by atoms with van der Waals surface area (Å²) in [5.74, 6) is 0.0900. The molecular formula is C19H27I3N2O2S. The molecule has 0 heterocycles. The first-order valence-corrected chi connectivity index (χ1v) is 19.2. The zero-order valence-electron chi connectivity index (χ0n) is 15.8. The van der Waals surface area contributed by atoms with Crippen LogP contribution in [0.4, 0.5) is 4.79 Å². The fourth-order valence-corrected chi connectivity index (χ4v) is 11.3. The monoisotopic (exact) mass is 728 g/mol. The lowest BCUT2D eigenvalue weighted by molar-refractivity contribution is -0.129. The Balaban J connectivity index is 2.84. The molecular weight excluding hydrogens is 701 g/mol. The van der Waals surface area contributed by atoms with E-state index in [2.05, 4.69) is 53.2 Å². The zero-order valence-corrected chi connectivity index (χ0v) is 23.2. The third-order valence-electron chi connectivity index (χ3n) is 3.75. The van der Waals surface area contributed by atoms with Crippen molar-refractivity contribution >= 4 is 86.7 Å². The second kappa shape index (κ2) is 13.6. The number of amides is 3. The van der Waals surface area contributed by atoms with Crippen molar-refractivity contribution in [2.24, 2.45) is 5.92 Å². The number of benzene rings is 1. The van der Waals surface area contributed by atoms with E-state index in [1.54, 1.807) is 0 Å². The predicted octanol–water partition coefficient (Wildman–Crippen LogP) is 6.20. The van der Waals surface area contributed by atoms with E-state index in [0.717, 1.165) is 18.4 Å². The van der Waals surface area contributed by atoms with Gasteiger partial charge in [-0.1, -0.05) is 76.7 Å². The maximum Gasteiger partial charge on any atom is 0.325 e. The maximum atomic E-state index is 12.7. The third-order valence-corrected chi connectivity index (χ3v) is 17.7. The fraction of sp³-hybridized carbons (Fsp3) is 0.474. The van der Waals surface area contributed by atoms with E-state index in [0.29, 0.717) is 13.0 Å². The van der Waals surface area contributed by atoms with Gasteiger partial charge in [0.05, 0.1) is 6.89 Å². The number of imide groups is 1. The van der Waals surface area contributed by atoms with Crippen LogP contribution in [0.1, 0.15) is 56.5 Å². The molecule has 1 aromatic carbocycles. The van der Waals surface area contributed by atoms with Crippen molar-refractivity contribution in [3.05, 3.63) is 35.4 Å². The predicted molar refractivity (Wildman–Crippen MR) is 146 cm³/mol. The number of thiol groups is 1. The van der Waals surface area contributed by atoms with Crippen LogP contribution in [0.2, 0.25) is 0 Å². The molecule has 1 rings (SSSR count). The minimum absolute atomic E-state index is 0.0324. The highest BCUT2D eigenvalue weighted by Crippen LogP contribution is 2.26. The minimum Gasteiger partial charge on any atom is -0.322 e. The highest BCUT2D eigenvalue weighted by Gasteiger charge is 2.23. The van der Waals surface area contributed by atoms with Gasteiger partial charge in [0.25, 0.3) is 0 Å². The summed E-state index contributed by atoms with van der Waals surface area (Å²) in [5, 5.41) is 2.41. The summed E-state index contributed by atoms with van der Waals surface area (Å²) >= 11 is 6.91. The van der Waals surface area contributed by atoms with Gasteiger partial charge in [0.2, 0.25) is 5.91 Å². The minimum atomic E-state index is -0.449. The van der Waals surface area contributed by atoms with Crippen molar-refractivity contribution in [1.82, 2.24) is 10.2 Å². The third kappa shape index (κ3) is 8.77. The number of halogens is 3. The molecule has 0 bridgehead atoms. The Hall–Kier alpha value is 0.440. The number of carbonyl (C=O) groups is 2. The summed E-state index contributed by atoms with van der Waals surface area (Å²) in [4.78, 5) is 26.4. The van der Waals surface area contributed by atoms with Crippen molar-refractivity contribution in [3.8, 4) is 0 Å². The van der Waals surface area contributed by atoms with E-state index < -0.39 is 5.37 Å². The van der Waals surface area contributed by atoms with Gasteiger partial charge in [-0.15, -0.1) is 12.6 Å². The molecule has 1 N–H and O–H groups in total.